The molecule has 1 saturated heterocycles. The van der Waals surface area contributed by atoms with E-state index in [0.29, 0.717) is 11.3 Å². The van der Waals surface area contributed by atoms with Gasteiger partial charge in [0.25, 0.3) is 15.9 Å². The fourth-order valence-electron chi connectivity index (χ4n) is 3.17. The normalized spacial score (nSPS) is 17.3. The van der Waals surface area contributed by atoms with E-state index < -0.39 is 10.0 Å². The summed E-state index contributed by atoms with van der Waals surface area (Å²) in [7, 11) is -3.78. The second kappa shape index (κ2) is 8.10. The largest absolute Gasteiger partial charge is 0.348 e. The summed E-state index contributed by atoms with van der Waals surface area (Å²) >= 11 is 0. The van der Waals surface area contributed by atoms with Gasteiger partial charge in [0.1, 0.15) is 0 Å². The molecule has 3 rings (SSSR count). The number of carbonyl (C=O) groups is 1. The number of hydrogen-bond acceptors (Lipinski definition) is 4. The highest BCUT2D eigenvalue weighted by atomic mass is 32.2. The number of anilines is 1. The smallest absolute Gasteiger partial charge is 0.261 e. The van der Waals surface area contributed by atoms with E-state index in [1.165, 1.54) is 12.1 Å². The first-order valence-corrected chi connectivity index (χ1v) is 10.6. The fourth-order valence-corrected chi connectivity index (χ4v) is 4.25. The van der Waals surface area contributed by atoms with Crippen molar-refractivity contribution < 1.29 is 13.2 Å². The maximum atomic E-state index is 12.7. The molecule has 0 bridgehead atoms. The lowest BCUT2D eigenvalue weighted by atomic mass is 10.1. The van der Waals surface area contributed by atoms with Crippen LogP contribution in [0.5, 0.6) is 0 Å². The summed E-state index contributed by atoms with van der Waals surface area (Å²) in [4.78, 5) is 12.7. The Hall–Kier alpha value is -2.38. The van der Waals surface area contributed by atoms with Crippen LogP contribution < -0.4 is 15.4 Å². The van der Waals surface area contributed by atoms with Gasteiger partial charge in [-0.15, -0.1) is 0 Å². The first kappa shape index (κ1) is 19.4. The van der Waals surface area contributed by atoms with E-state index in [4.69, 9.17) is 0 Å². The van der Waals surface area contributed by atoms with Crippen molar-refractivity contribution in [3.63, 3.8) is 0 Å². The SMILES string of the molecule is Cc1cccc(NS(=O)(=O)c2ccc(C)c(C(=O)NC3CCCNC3)c2)c1. The molecule has 1 fully saturated rings. The Bertz CT molecular complexity index is 935. The molecule has 1 unspecified atom stereocenters. The summed E-state index contributed by atoms with van der Waals surface area (Å²) in [5.41, 5.74) is 2.58. The van der Waals surface area contributed by atoms with Crippen molar-refractivity contribution in [2.45, 2.75) is 37.6 Å². The highest BCUT2D eigenvalue weighted by Gasteiger charge is 2.21. The van der Waals surface area contributed by atoms with Crippen LogP contribution in [0.2, 0.25) is 0 Å². The van der Waals surface area contributed by atoms with Crippen molar-refractivity contribution in [3.8, 4) is 0 Å². The van der Waals surface area contributed by atoms with Crippen LogP contribution in [0, 0.1) is 13.8 Å². The molecular weight excluding hydrogens is 362 g/mol. The Kier molecular flexibility index (Phi) is 5.82. The van der Waals surface area contributed by atoms with Crippen LogP contribution in [-0.2, 0) is 10.0 Å². The molecule has 2 aromatic rings. The van der Waals surface area contributed by atoms with Crippen LogP contribution in [0.4, 0.5) is 5.69 Å². The molecule has 7 heteroatoms. The second-order valence-electron chi connectivity index (χ2n) is 6.97. The quantitative estimate of drug-likeness (QED) is 0.736. The second-order valence-corrected chi connectivity index (χ2v) is 8.65. The highest BCUT2D eigenvalue weighted by molar-refractivity contribution is 7.92. The Balaban J connectivity index is 1.82. The van der Waals surface area contributed by atoms with E-state index >= 15 is 0 Å². The summed E-state index contributed by atoms with van der Waals surface area (Å²) < 4.78 is 28.0. The molecule has 1 amide bonds. The van der Waals surface area contributed by atoms with Gasteiger partial charge in [-0.3, -0.25) is 9.52 Å². The van der Waals surface area contributed by atoms with Crippen molar-refractivity contribution in [2.75, 3.05) is 17.8 Å². The monoisotopic (exact) mass is 387 g/mol. The van der Waals surface area contributed by atoms with Crippen molar-refractivity contribution in [3.05, 3.63) is 59.2 Å². The molecule has 1 aliphatic rings. The lowest BCUT2D eigenvalue weighted by Crippen LogP contribution is -2.45. The van der Waals surface area contributed by atoms with Gasteiger partial charge in [-0.25, -0.2) is 8.42 Å². The lowest BCUT2D eigenvalue weighted by molar-refractivity contribution is 0.0930. The maximum absolute atomic E-state index is 12.7. The highest BCUT2D eigenvalue weighted by Crippen LogP contribution is 2.20. The van der Waals surface area contributed by atoms with Gasteiger partial charge in [-0.05, 0) is 68.6 Å². The summed E-state index contributed by atoms with van der Waals surface area (Å²) in [5.74, 6) is -0.242. The minimum Gasteiger partial charge on any atom is -0.348 e. The Morgan fingerprint density at radius 3 is 2.67 bits per heavy atom. The number of sulfonamides is 1. The van der Waals surface area contributed by atoms with Gasteiger partial charge in [-0.2, -0.15) is 0 Å². The Morgan fingerprint density at radius 2 is 1.96 bits per heavy atom. The van der Waals surface area contributed by atoms with Crippen LogP contribution in [0.15, 0.2) is 47.4 Å². The van der Waals surface area contributed by atoms with Crippen molar-refractivity contribution in [2.24, 2.45) is 0 Å². The van der Waals surface area contributed by atoms with Gasteiger partial charge in [0.15, 0.2) is 0 Å². The summed E-state index contributed by atoms with van der Waals surface area (Å²) in [6, 6.07) is 11.8. The third kappa shape index (κ3) is 4.87. The standard InChI is InChI=1S/C20H25N3O3S/c1-14-5-3-6-16(11-14)23-27(25,26)18-9-8-15(2)19(12-18)20(24)22-17-7-4-10-21-13-17/h3,5-6,8-9,11-12,17,21,23H,4,7,10,13H2,1-2H3,(H,22,24). The number of carbonyl (C=O) groups excluding carboxylic acids is 1. The predicted octanol–water partition coefficient (Wildman–Crippen LogP) is 2.59. The predicted molar refractivity (Wildman–Crippen MR) is 107 cm³/mol. The van der Waals surface area contributed by atoms with E-state index in [0.717, 1.165) is 37.1 Å². The minimum atomic E-state index is -3.78. The topological polar surface area (TPSA) is 87.3 Å². The van der Waals surface area contributed by atoms with Gasteiger partial charge >= 0.3 is 0 Å². The Labute approximate surface area is 160 Å². The average molecular weight is 388 g/mol. The molecule has 1 atom stereocenters. The van der Waals surface area contributed by atoms with Crippen LogP contribution in [-0.4, -0.2) is 33.5 Å². The number of amides is 1. The zero-order valence-electron chi connectivity index (χ0n) is 15.6. The van der Waals surface area contributed by atoms with Crippen molar-refractivity contribution in [1.82, 2.24) is 10.6 Å². The number of aryl methyl sites for hydroxylation is 2. The van der Waals surface area contributed by atoms with E-state index in [-0.39, 0.29) is 16.8 Å². The van der Waals surface area contributed by atoms with Crippen molar-refractivity contribution in [1.29, 1.82) is 0 Å². The average Bonchev–Trinajstić information content (AvgIpc) is 2.62. The zero-order valence-corrected chi connectivity index (χ0v) is 16.4. The van der Waals surface area contributed by atoms with Gasteiger partial charge < -0.3 is 10.6 Å². The van der Waals surface area contributed by atoms with Crippen LogP contribution in [0.25, 0.3) is 0 Å². The van der Waals surface area contributed by atoms with E-state index in [1.807, 2.05) is 13.0 Å². The van der Waals surface area contributed by atoms with Gasteiger partial charge in [0.2, 0.25) is 0 Å². The number of nitrogens with one attached hydrogen (secondary N) is 3. The molecular formula is C20H25N3O3S. The third-order valence-electron chi connectivity index (χ3n) is 4.67. The number of hydrogen-bond donors (Lipinski definition) is 3. The summed E-state index contributed by atoms with van der Waals surface area (Å²) in [6.07, 6.45) is 1.93. The lowest BCUT2D eigenvalue weighted by Gasteiger charge is -2.24. The van der Waals surface area contributed by atoms with Crippen molar-refractivity contribution >= 4 is 21.6 Å². The van der Waals surface area contributed by atoms with Gasteiger partial charge in [0.05, 0.1) is 4.90 Å². The summed E-state index contributed by atoms with van der Waals surface area (Å²) in [6.45, 7) is 5.39. The number of piperidine rings is 1. The number of benzene rings is 2. The molecule has 0 spiro atoms. The molecule has 1 aliphatic heterocycles. The van der Waals surface area contributed by atoms with E-state index in [9.17, 15) is 13.2 Å². The van der Waals surface area contributed by atoms with Gasteiger partial charge in [-0.1, -0.05) is 18.2 Å². The molecule has 1 heterocycles. The third-order valence-corrected chi connectivity index (χ3v) is 6.05. The number of rotatable bonds is 5. The van der Waals surface area contributed by atoms with Crippen LogP contribution >= 0.6 is 0 Å². The molecule has 3 N–H and O–H groups in total. The minimum absolute atomic E-state index is 0.0660. The maximum Gasteiger partial charge on any atom is 0.261 e. The molecule has 27 heavy (non-hydrogen) atoms. The molecule has 2 aromatic carbocycles. The first-order valence-electron chi connectivity index (χ1n) is 9.07. The molecule has 0 radical (unpaired) electrons. The van der Waals surface area contributed by atoms with Crippen LogP contribution in [0.3, 0.4) is 0 Å². The molecule has 144 valence electrons. The Morgan fingerprint density at radius 1 is 1.15 bits per heavy atom. The van der Waals surface area contributed by atoms with Crippen LogP contribution in [0.1, 0.15) is 34.3 Å². The molecule has 6 nitrogen and oxygen atoms in total. The van der Waals surface area contributed by atoms with E-state index in [2.05, 4.69) is 15.4 Å². The molecule has 0 aromatic heterocycles. The first-order chi connectivity index (χ1) is 12.8. The van der Waals surface area contributed by atoms with E-state index in [1.54, 1.807) is 31.2 Å². The fraction of sp³-hybridized carbons (Fsp3) is 0.350. The molecule has 0 saturated carbocycles. The van der Waals surface area contributed by atoms with Gasteiger partial charge in [0, 0.05) is 23.8 Å². The molecule has 0 aliphatic carbocycles. The zero-order chi connectivity index (χ0) is 19.4. The summed E-state index contributed by atoms with van der Waals surface area (Å²) in [5, 5.41) is 6.25.